The van der Waals surface area contributed by atoms with Gasteiger partial charge in [0.1, 0.15) is 11.4 Å². The van der Waals surface area contributed by atoms with Crippen LogP contribution in [0.3, 0.4) is 0 Å². The van der Waals surface area contributed by atoms with Crippen LogP contribution >= 0.6 is 11.3 Å². The number of carbonyl (C=O) groups is 1. The van der Waals surface area contributed by atoms with Gasteiger partial charge in [-0.05, 0) is 30.7 Å². The number of aryl methyl sites for hydroxylation is 1. The molecule has 7 heteroatoms. The molecule has 0 bridgehead atoms. The Morgan fingerprint density at radius 3 is 3.00 bits per heavy atom. The van der Waals surface area contributed by atoms with Crippen LogP contribution in [0.5, 0.6) is 0 Å². The van der Waals surface area contributed by atoms with Crippen molar-refractivity contribution in [1.29, 1.82) is 0 Å². The molecule has 1 amide bonds. The van der Waals surface area contributed by atoms with E-state index in [1.807, 2.05) is 0 Å². The molecule has 3 aromatic rings. The van der Waals surface area contributed by atoms with E-state index in [2.05, 4.69) is 10.3 Å². The van der Waals surface area contributed by atoms with Gasteiger partial charge in [-0.3, -0.25) is 14.0 Å². The van der Waals surface area contributed by atoms with Gasteiger partial charge in [0.15, 0.2) is 4.96 Å². The summed E-state index contributed by atoms with van der Waals surface area (Å²) in [4.78, 5) is 28.9. The lowest BCUT2D eigenvalue weighted by Crippen LogP contribution is -2.26. The molecule has 0 atom stereocenters. The summed E-state index contributed by atoms with van der Waals surface area (Å²) in [5, 5.41) is 4.31. The van der Waals surface area contributed by atoms with E-state index in [4.69, 9.17) is 0 Å². The molecular formula is C14H10FN3O2S. The van der Waals surface area contributed by atoms with Gasteiger partial charge >= 0.3 is 0 Å². The van der Waals surface area contributed by atoms with Crippen LogP contribution in [-0.4, -0.2) is 15.3 Å². The number of halogens is 1. The van der Waals surface area contributed by atoms with Gasteiger partial charge in [0, 0.05) is 23.5 Å². The average Bonchev–Trinajstić information content (AvgIpc) is 2.91. The lowest BCUT2D eigenvalue weighted by Gasteiger charge is -2.08. The number of hydrogen-bond acceptors (Lipinski definition) is 4. The standard InChI is InChI=1S/C14H10FN3O2S/c1-8-6-9(15)2-3-11(8)17-12(19)10-7-16-14-18(13(10)20)4-5-21-14/h2-7H,1H3,(H,17,19). The zero-order chi connectivity index (χ0) is 15.0. The summed E-state index contributed by atoms with van der Waals surface area (Å²) < 4.78 is 14.4. The van der Waals surface area contributed by atoms with Crippen molar-refractivity contribution in [2.24, 2.45) is 0 Å². The molecule has 1 N–H and O–H groups in total. The number of amides is 1. The molecule has 0 aliphatic heterocycles. The van der Waals surface area contributed by atoms with E-state index in [9.17, 15) is 14.0 Å². The van der Waals surface area contributed by atoms with E-state index < -0.39 is 11.5 Å². The Hall–Kier alpha value is -2.54. The van der Waals surface area contributed by atoms with Crippen LogP contribution in [0.2, 0.25) is 0 Å². The zero-order valence-electron chi connectivity index (χ0n) is 11.0. The van der Waals surface area contributed by atoms with Crippen molar-refractivity contribution >= 4 is 27.9 Å². The monoisotopic (exact) mass is 303 g/mol. The first-order valence-corrected chi connectivity index (χ1v) is 6.96. The molecule has 0 aliphatic rings. The minimum atomic E-state index is -0.567. The van der Waals surface area contributed by atoms with Gasteiger partial charge < -0.3 is 5.32 Å². The topological polar surface area (TPSA) is 63.5 Å². The van der Waals surface area contributed by atoms with Crippen molar-refractivity contribution < 1.29 is 9.18 Å². The number of rotatable bonds is 2. The molecule has 106 valence electrons. The number of benzene rings is 1. The Morgan fingerprint density at radius 2 is 2.24 bits per heavy atom. The predicted octanol–water partition coefficient (Wildman–Crippen LogP) is 2.46. The Morgan fingerprint density at radius 1 is 1.43 bits per heavy atom. The second-order valence-corrected chi connectivity index (χ2v) is 5.32. The van der Waals surface area contributed by atoms with Crippen LogP contribution < -0.4 is 10.9 Å². The molecule has 0 spiro atoms. The third kappa shape index (κ3) is 2.43. The SMILES string of the molecule is Cc1cc(F)ccc1NC(=O)c1cnc2sccn2c1=O. The maximum Gasteiger partial charge on any atom is 0.271 e. The van der Waals surface area contributed by atoms with Gasteiger partial charge in [-0.15, -0.1) is 11.3 Å². The number of carbonyl (C=O) groups excluding carboxylic acids is 1. The summed E-state index contributed by atoms with van der Waals surface area (Å²) in [6.07, 6.45) is 2.82. The summed E-state index contributed by atoms with van der Waals surface area (Å²) in [5.41, 5.74) is 0.539. The second kappa shape index (κ2) is 5.10. The van der Waals surface area contributed by atoms with Gasteiger partial charge in [-0.25, -0.2) is 9.37 Å². The summed E-state index contributed by atoms with van der Waals surface area (Å²) >= 11 is 1.31. The minimum Gasteiger partial charge on any atom is -0.322 e. The molecule has 0 radical (unpaired) electrons. The summed E-state index contributed by atoms with van der Waals surface area (Å²) in [5.74, 6) is -0.949. The fraction of sp³-hybridized carbons (Fsp3) is 0.0714. The molecule has 1 aromatic carbocycles. The number of nitrogens with one attached hydrogen (secondary N) is 1. The third-order valence-corrected chi connectivity index (χ3v) is 3.79. The normalized spacial score (nSPS) is 10.8. The summed E-state index contributed by atoms with van der Waals surface area (Å²) in [7, 11) is 0. The lowest BCUT2D eigenvalue weighted by atomic mass is 10.2. The summed E-state index contributed by atoms with van der Waals surface area (Å²) in [6, 6.07) is 4.01. The maximum atomic E-state index is 13.0. The maximum absolute atomic E-state index is 13.0. The molecule has 21 heavy (non-hydrogen) atoms. The first-order chi connectivity index (χ1) is 10.1. The first-order valence-electron chi connectivity index (χ1n) is 6.08. The van der Waals surface area contributed by atoms with Crippen molar-refractivity contribution in [3.63, 3.8) is 0 Å². The fourth-order valence-electron chi connectivity index (χ4n) is 1.94. The predicted molar refractivity (Wildman–Crippen MR) is 78.4 cm³/mol. The van der Waals surface area contributed by atoms with Gasteiger partial charge in [0.25, 0.3) is 11.5 Å². The Kier molecular flexibility index (Phi) is 3.26. The summed E-state index contributed by atoms with van der Waals surface area (Å²) in [6.45, 7) is 1.67. The number of anilines is 1. The number of thiazole rings is 1. The molecule has 0 aliphatic carbocycles. The smallest absolute Gasteiger partial charge is 0.271 e. The van der Waals surface area contributed by atoms with E-state index >= 15 is 0 Å². The quantitative estimate of drug-likeness (QED) is 0.791. The number of nitrogens with zero attached hydrogens (tertiary/aromatic N) is 2. The molecule has 0 unspecified atom stereocenters. The Bertz CT molecular complexity index is 901. The van der Waals surface area contributed by atoms with E-state index in [1.54, 1.807) is 18.5 Å². The molecule has 2 aromatic heterocycles. The fourth-order valence-corrected chi connectivity index (χ4v) is 2.61. The highest BCUT2D eigenvalue weighted by molar-refractivity contribution is 7.15. The van der Waals surface area contributed by atoms with Gasteiger partial charge in [0.05, 0.1) is 0 Å². The zero-order valence-corrected chi connectivity index (χ0v) is 11.8. The van der Waals surface area contributed by atoms with Crippen LogP contribution in [0.25, 0.3) is 4.96 Å². The molecule has 2 heterocycles. The van der Waals surface area contributed by atoms with Crippen molar-refractivity contribution in [2.45, 2.75) is 6.92 Å². The van der Waals surface area contributed by atoms with E-state index in [-0.39, 0.29) is 11.4 Å². The highest BCUT2D eigenvalue weighted by Crippen LogP contribution is 2.16. The highest BCUT2D eigenvalue weighted by atomic mass is 32.1. The molecule has 0 fully saturated rings. The molecule has 3 rings (SSSR count). The van der Waals surface area contributed by atoms with Crippen LogP contribution in [0.15, 0.2) is 40.8 Å². The highest BCUT2D eigenvalue weighted by Gasteiger charge is 2.14. The lowest BCUT2D eigenvalue weighted by molar-refractivity contribution is 0.102. The van der Waals surface area contributed by atoms with Crippen LogP contribution in [0, 0.1) is 12.7 Å². The van der Waals surface area contributed by atoms with E-state index in [1.165, 1.54) is 40.1 Å². The van der Waals surface area contributed by atoms with Gasteiger partial charge in [-0.1, -0.05) is 0 Å². The number of hydrogen-bond donors (Lipinski definition) is 1. The average molecular weight is 303 g/mol. The van der Waals surface area contributed by atoms with Crippen molar-refractivity contribution in [2.75, 3.05) is 5.32 Å². The van der Waals surface area contributed by atoms with Crippen molar-refractivity contribution in [1.82, 2.24) is 9.38 Å². The van der Waals surface area contributed by atoms with Crippen molar-refractivity contribution in [3.8, 4) is 0 Å². The molecular weight excluding hydrogens is 293 g/mol. The van der Waals surface area contributed by atoms with E-state index in [0.717, 1.165) is 0 Å². The molecule has 5 nitrogen and oxygen atoms in total. The molecule has 0 saturated heterocycles. The van der Waals surface area contributed by atoms with Gasteiger partial charge in [-0.2, -0.15) is 0 Å². The Labute approximate surface area is 122 Å². The minimum absolute atomic E-state index is 0.0605. The van der Waals surface area contributed by atoms with Crippen LogP contribution in [0.1, 0.15) is 15.9 Å². The van der Waals surface area contributed by atoms with Gasteiger partial charge in [0.2, 0.25) is 0 Å². The Balaban J connectivity index is 1.97. The third-order valence-electron chi connectivity index (χ3n) is 3.02. The number of fused-ring (bicyclic) bond motifs is 1. The van der Waals surface area contributed by atoms with Crippen LogP contribution in [0.4, 0.5) is 10.1 Å². The van der Waals surface area contributed by atoms with E-state index in [0.29, 0.717) is 16.2 Å². The molecule has 0 saturated carbocycles. The first kappa shape index (κ1) is 13.4. The van der Waals surface area contributed by atoms with Crippen LogP contribution in [-0.2, 0) is 0 Å². The largest absolute Gasteiger partial charge is 0.322 e. The number of aromatic nitrogens is 2. The second-order valence-electron chi connectivity index (χ2n) is 4.45. The van der Waals surface area contributed by atoms with Crippen molar-refractivity contribution in [3.05, 3.63) is 63.3 Å².